The minimum atomic E-state index is -0.460. The molecule has 0 bridgehead atoms. The van der Waals surface area contributed by atoms with Gasteiger partial charge in [0.1, 0.15) is 5.82 Å². The molecule has 0 spiro atoms. The number of nitrogen functional groups attached to an aromatic ring is 1. The molecule has 0 aliphatic heterocycles. The molecule has 1 amide bonds. The smallest absolute Gasteiger partial charge is 0.276 e. The summed E-state index contributed by atoms with van der Waals surface area (Å²) in [4.78, 5) is 36.8. The number of H-pyrrole nitrogens is 2. The summed E-state index contributed by atoms with van der Waals surface area (Å²) in [6, 6.07) is 9.02. The first-order valence-electron chi connectivity index (χ1n) is 9.24. The highest BCUT2D eigenvalue weighted by molar-refractivity contribution is 6.04. The van der Waals surface area contributed by atoms with Gasteiger partial charge in [0.25, 0.3) is 11.5 Å². The Bertz CT molecular complexity index is 1330. The fourth-order valence-corrected chi connectivity index (χ4v) is 3.31. The Hall–Kier alpha value is -3.72. The van der Waals surface area contributed by atoms with Gasteiger partial charge in [-0.2, -0.15) is 0 Å². The predicted molar refractivity (Wildman–Crippen MR) is 113 cm³/mol. The number of nitrogens with two attached hydrogens (primary N) is 1. The van der Waals surface area contributed by atoms with Crippen molar-refractivity contribution in [1.29, 1.82) is 0 Å². The van der Waals surface area contributed by atoms with Crippen molar-refractivity contribution in [3.05, 3.63) is 58.1 Å². The highest BCUT2D eigenvalue weighted by Gasteiger charge is 2.18. The van der Waals surface area contributed by atoms with Gasteiger partial charge in [-0.1, -0.05) is 0 Å². The number of hydrogen-bond donors (Lipinski definition) is 3. The normalized spacial score (nSPS) is 11.3. The van der Waals surface area contributed by atoms with E-state index in [4.69, 9.17) is 10.5 Å². The molecular formula is C21H20FN5O3. The molecule has 8 nitrogen and oxygen atoms in total. The van der Waals surface area contributed by atoms with Crippen LogP contribution in [0.25, 0.3) is 33.3 Å². The molecule has 2 aromatic carbocycles. The van der Waals surface area contributed by atoms with E-state index in [1.807, 2.05) is 0 Å². The minimum Gasteiger partial charge on any atom is -0.396 e. The maximum absolute atomic E-state index is 13.6. The van der Waals surface area contributed by atoms with Crippen LogP contribution >= 0.6 is 0 Å². The topological polar surface area (TPSA) is 117 Å². The lowest BCUT2D eigenvalue weighted by atomic mass is 10.1. The Morgan fingerprint density at radius 3 is 2.73 bits per heavy atom. The van der Waals surface area contributed by atoms with Crippen LogP contribution in [0.15, 0.2) is 41.2 Å². The summed E-state index contributed by atoms with van der Waals surface area (Å²) in [5.41, 5.74) is 8.33. The quantitative estimate of drug-likeness (QED) is 0.468. The van der Waals surface area contributed by atoms with E-state index < -0.39 is 11.4 Å². The van der Waals surface area contributed by atoms with Crippen LogP contribution in [0.1, 0.15) is 10.4 Å². The van der Waals surface area contributed by atoms with Crippen molar-refractivity contribution in [2.75, 3.05) is 33.0 Å². The van der Waals surface area contributed by atoms with E-state index in [0.717, 1.165) is 0 Å². The zero-order valence-corrected chi connectivity index (χ0v) is 16.5. The molecular weight excluding hydrogens is 389 g/mol. The number of anilines is 1. The third-order valence-corrected chi connectivity index (χ3v) is 4.96. The molecule has 4 rings (SSSR count). The molecule has 0 aliphatic carbocycles. The second-order valence-corrected chi connectivity index (χ2v) is 6.97. The molecule has 2 aromatic heterocycles. The zero-order chi connectivity index (χ0) is 21.4. The van der Waals surface area contributed by atoms with Crippen LogP contribution in [-0.4, -0.2) is 53.1 Å². The fraction of sp³-hybridized carbons (Fsp3) is 0.190. The van der Waals surface area contributed by atoms with Crippen LogP contribution in [0.4, 0.5) is 10.1 Å². The van der Waals surface area contributed by atoms with Crippen molar-refractivity contribution in [2.45, 2.75) is 0 Å². The number of hydrogen-bond acceptors (Lipinski definition) is 5. The van der Waals surface area contributed by atoms with Gasteiger partial charge in [-0.05, 0) is 30.3 Å². The van der Waals surface area contributed by atoms with E-state index >= 15 is 0 Å². The lowest BCUT2D eigenvalue weighted by Crippen LogP contribution is -2.29. The SMILES string of the molecule is COCCN(C)C(=O)c1ccc2[nH]c(-c3nc4cc(F)ccc4[nH]c3=O)c(N)c2c1. The number of aromatic nitrogens is 3. The lowest BCUT2D eigenvalue weighted by Gasteiger charge is -2.16. The fourth-order valence-electron chi connectivity index (χ4n) is 3.31. The second kappa shape index (κ2) is 7.60. The number of methoxy groups -OCH3 is 1. The van der Waals surface area contributed by atoms with E-state index in [9.17, 15) is 14.0 Å². The van der Waals surface area contributed by atoms with E-state index in [1.54, 1.807) is 37.3 Å². The average Bonchev–Trinajstić information content (AvgIpc) is 3.07. The summed E-state index contributed by atoms with van der Waals surface area (Å²) < 4.78 is 18.6. The monoisotopic (exact) mass is 409 g/mol. The van der Waals surface area contributed by atoms with Crippen LogP contribution in [-0.2, 0) is 4.74 Å². The van der Waals surface area contributed by atoms with Gasteiger partial charge in [0.05, 0.1) is 29.0 Å². The standard InChI is InChI=1S/C21H20FN5O3/c1-27(7-8-30-2)21(29)11-3-5-14-13(9-11)17(23)18(24-14)19-20(28)26-15-6-4-12(22)10-16(15)25-19/h3-6,9-10,24H,7-8,23H2,1-2H3,(H,26,28). The lowest BCUT2D eigenvalue weighted by molar-refractivity contribution is 0.0744. The minimum absolute atomic E-state index is 0.0480. The van der Waals surface area contributed by atoms with Crippen molar-refractivity contribution in [2.24, 2.45) is 0 Å². The maximum atomic E-state index is 13.6. The van der Waals surface area contributed by atoms with Gasteiger partial charge in [0.2, 0.25) is 0 Å². The summed E-state index contributed by atoms with van der Waals surface area (Å²) in [5, 5.41) is 0.594. The molecule has 30 heavy (non-hydrogen) atoms. The van der Waals surface area contributed by atoms with Gasteiger partial charge in [-0.3, -0.25) is 9.59 Å². The van der Waals surface area contributed by atoms with Crippen LogP contribution in [0, 0.1) is 5.82 Å². The van der Waals surface area contributed by atoms with E-state index in [0.29, 0.717) is 46.3 Å². The van der Waals surface area contributed by atoms with Crippen molar-refractivity contribution in [3.63, 3.8) is 0 Å². The van der Waals surface area contributed by atoms with E-state index in [-0.39, 0.29) is 17.3 Å². The number of amides is 1. The van der Waals surface area contributed by atoms with Gasteiger partial charge in [-0.25, -0.2) is 9.37 Å². The Labute approximate surface area is 170 Å². The highest BCUT2D eigenvalue weighted by atomic mass is 19.1. The molecule has 2 heterocycles. The van der Waals surface area contributed by atoms with Crippen molar-refractivity contribution in [1.82, 2.24) is 19.9 Å². The molecule has 0 saturated carbocycles. The molecule has 0 unspecified atom stereocenters. The number of nitrogens with one attached hydrogen (secondary N) is 2. The number of fused-ring (bicyclic) bond motifs is 2. The predicted octanol–water partition coefficient (Wildman–Crippen LogP) is 2.51. The van der Waals surface area contributed by atoms with E-state index in [1.165, 1.54) is 18.2 Å². The summed E-state index contributed by atoms with van der Waals surface area (Å²) in [5.74, 6) is -0.633. The Balaban J connectivity index is 1.79. The Kier molecular flexibility index (Phi) is 4.96. The maximum Gasteiger partial charge on any atom is 0.276 e. The number of carbonyl (C=O) groups excluding carboxylic acids is 1. The Morgan fingerprint density at radius 2 is 1.97 bits per heavy atom. The number of rotatable bonds is 5. The zero-order valence-electron chi connectivity index (χ0n) is 16.5. The highest BCUT2D eigenvalue weighted by Crippen LogP contribution is 2.31. The summed E-state index contributed by atoms with van der Waals surface area (Å²) in [6.45, 7) is 0.881. The van der Waals surface area contributed by atoms with E-state index in [2.05, 4.69) is 15.0 Å². The molecule has 0 atom stereocenters. The molecule has 0 saturated heterocycles. The number of likely N-dealkylation sites (N-methyl/N-ethyl adjacent to an activating group) is 1. The van der Waals surface area contributed by atoms with Gasteiger partial charge in [0, 0.05) is 43.2 Å². The summed E-state index contributed by atoms with van der Waals surface area (Å²) in [6.07, 6.45) is 0. The van der Waals surface area contributed by atoms with Crippen LogP contribution < -0.4 is 11.3 Å². The average molecular weight is 409 g/mol. The van der Waals surface area contributed by atoms with Crippen LogP contribution in [0.5, 0.6) is 0 Å². The molecule has 154 valence electrons. The number of carbonyl (C=O) groups is 1. The molecule has 0 fully saturated rings. The summed E-state index contributed by atoms with van der Waals surface area (Å²) >= 11 is 0. The first-order valence-corrected chi connectivity index (χ1v) is 9.24. The van der Waals surface area contributed by atoms with Gasteiger partial charge in [0.15, 0.2) is 5.69 Å². The molecule has 0 radical (unpaired) electrons. The third kappa shape index (κ3) is 3.39. The molecule has 4 aromatic rings. The molecule has 0 aliphatic rings. The van der Waals surface area contributed by atoms with Crippen molar-refractivity contribution >= 4 is 33.5 Å². The number of ether oxygens (including phenoxy) is 1. The number of benzene rings is 2. The third-order valence-electron chi connectivity index (χ3n) is 4.96. The van der Waals surface area contributed by atoms with Crippen LogP contribution in [0.2, 0.25) is 0 Å². The van der Waals surface area contributed by atoms with Crippen LogP contribution in [0.3, 0.4) is 0 Å². The largest absolute Gasteiger partial charge is 0.396 e. The summed E-state index contributed by atoms with van der Waals surface area (Å²) in [7, 11) is 3.26. The number of aromatic amines is 2. The van der Waals surface area contributed by atoms with Crippen molar-refractivity contribution < 1.29 is 13.9 Å². The first kappa shape index (κ1) is 19.6. The first-order chi connectivity index (χ1) is 14.4. The van der Waals surface area contributed by atoms with Gasteiger partial charge < -0.3 is 25.3 Å². The second-order valence-electron chi connectivity index (χ2n) is 6.97. The Morgan fingerprint density at radius 1 is 1.20 bits per heavy atom. The van der Waals surface area contributed by atoms with Crippen molar-refractivity contribution in [3.8, 4) is 11.4 Å². The number of nitrogens with zero attached hydrogens (tertiary/aromatic N) is 2. The molecule has 9 heteroatoms. The van der Waals surface area contributed by atoms with Gasteiger partial charge in [-0.15, -0.1) is 0 Å². The molecule has 4 N–H and O–H groups in total. The number of halogens is 1. The van der Waals surface area contributed by atoms with Gasteiger partial charge >= 0.3 is 0 Å².